The van der Waals surface area contributed by atoms with Crippen LogP contribution in [0.2, 0.25) is 0 Å². The summed E-state index contributed by atoms with van der Waals surface area (Å²) in [5.41, 5.74) is 0.0494. The van der Waals surface area contributed by atoms with Crippen molar-refractivity contribution in [3.63, 3.8) is 0 Å². The number of hydrogen-bond donors (Lipinski definition) is 2. The lowest BCUT2D eigenvalue weighted by molar-refractivity contribution is 0.582. The van der Waals surface area contributed by atoms with Crippen LogP contribution in [0.4, 0.5) is 0 Å². The number of guanidine groups is 1. The van der Waals surface area contributed by atoms with Crippen LogP contribution in [0.5, 0.6) is 0 Å². The Kier molecular flexibility index (Phi) is 7.68. The van der Waals surface area contributed by atoms with Crippen LogP contribution in [0, 0.1) is 0 Å². The van der Waals surface area contributed by atoms with Gasteiger partial charge in [-0.15, -0.1) is 10.2 Å². The molecule has 0 amide bonds. The van der Waals surface area contributed by atoms with Crippen molar-refractivity contribution < 1.29 is 0 Å². The van der Waals surface area contributed by atoms with Gasteiger partial charge in [-0.3, -0.25) is 9.79 Å². The molecule has 2 rings (SSSR count). The van der Waals surface area contributed by atoms with Gasteiger partial charge in [0, 0.05) is 51.9 Å². The maximum atomic E-state index is 11.6. The minimum Gasteiger partial charge on any atom is -0.356 e. The zero-order chi connectivity index (χ0) is 17.9. The first-order valence-electron chi connectivity index (χ1n) is 8.71. The molecule has 0 unspecified atom stereocenters. The third-order valence-electron chi connectivity index (χ3n) is 3.90. The number of nitrogens with zero attached hydrogens (tertiary/aromatic N) is 5. The molecule has 0 saturated carbocycles. The van der Waals surface area contributed by atoms with Gasteiger partial charge in [0.2, 0.25) is 5.56 Å². The number of pyridine rings is 1. The third-order valence-corrected chi connectivity index (χ3v) is 3.90. The summed E-state index contributed by atoms with van der Waals surface area (Å²) in [6, 6.07) is 5.23. The molecule has 0 atom stereocenters. The van der Waals surface area contributed by atoms with Crippen LogP contribution in [-0.4, -0.2) is 45.4 Å². The van der Waals surface area contributed by atoms with E-state index in [1.165, 1.54) is 0 Å². The first-order chi connectivity index (χ1) is 12.2. The topological polar surface area (TPSA) is 89.1 Å². The van der Waals surface area contributed by atoms with Crippen molar-refractivity contribution in [2.24, 2.45) is 4.99 Å². The average molecular weight is 345 g/mol. The molecule has 25 heavy (non-hydrogen) atoms. The van der Waals surface area contributed by atoms with Crippen molar-refractivity contribution in [1.82, 2.24) is 30.0 Å². The van der Waals surface area contributed by atoms with Crippen LogP contribution in [0.1, 0.15) is 25.6 Å². The van der Waals surface area contributed by atoms with Gasteiger partial charge in [0.1, 0.15) is 12.2 Å². The molecule has 0 aromatic carbocycles. The number of hydrogen-bond acceptors (Lipinski definition) is 4. The molecule has 0 spiro atoms. The molecule has 0 aliphatic heterocycles. The molecule has 2 heterocycles. The van der Waals surface area contributed by atoms with Gasteiger partial charge in [-0.05, 0) is 18.9 Å². The molecule has 0 radical (unpaired) electrons. The minimum absolute atomic E-state index is 0.0494. The van der Waals surface area contributed by atoms with Gasteiger partial charge in [-0.1, -0.05) is 13.0 Å². The van der Waals surface area contributed by atoms with Crippen LogP contribution in [0.15, 0.2) is 40.5 Å². The smallest absolute Gasteiger partial charge is 0.250 e. The molecule has 0 fully saturated rings. The Morgan fingerprint density at radius 1 is 1.16 bits per heavy atom. The molecule has 2 N–H and O–H groups in total. The Morgan fingerprint density at radius 3 is 2.76 bits per heavy atom. The Balaban J connectivity index is 1.62. The van der Waals surface area contributed by atoms with Crippen molar-refractivity contribution >= 4 is 5.96 Å². The second-order valence-electron chi connectivity index (χ2n) is 5.66. The lowest BCUT2D eigenvalue weighted by Crippen LogP contribution is -2.39. The molecule has 2 aromatic rings. The Bertz CT molecular complexity index is 720. The molecule has 0 aliphatic carbocycles. The average Bonchev–Trinajstić information content (AvgIpc) is 3.09. The highest BCUT2D eigenvalue weighted by atomic mass is 16.1. The zero-order valence-electron chi connectivity index (χ0n) is 15.0. The zero-order valence-corrected chi connectivity index (χ0v) is 15.0. The standard InChI is InChI=1S/C17H27N7O/c1-3-15-22-21-14-24(15)13-10-20-17(18-2)19-9-5-7-12-23-11-6-4-8-16(23)25/h4,6,8,11,14H,3,5,7,9-10,12-13H2,1-2H3,(H2,18,19,20). The number of aliphatic imine (C=N–C) groups is 1. The summed E-state index contributed by atoms with van der Waals surface area (Å²) in [5, 5.41) is 14.6. The molecule has 2 aromatic heterocycles. The van der Waals surface area contributed by atoms with Crippen molar-refractivity contribution in [3.8, 4) is 0 Å². The second-order valence-corrected chi connectivity index (χ2v) is 5.66. The summed E-state index contributed by atoms with van der Waals surface area (Å²) >= 11 is 0. The van der Waals surface area contributed by atoms with Crippen LogP contribution >= 0.6 is 0 Å². The third kappa shape index (κ3) is 6.06. The minimum atomic E-state index is 0.0494. The van der Waals surface area contributed by atoms with Crippen molar-refractivity contribution in [2.75, 3.05) is 20.1 Å². The van der Waals surface area contributed by atoms with E-state index in [0.717, 1.165) is 57.2 Å². The van der Waals surface area contributed by atoms with Crippen molar-refractivity contribution in [2.45, 2.75) is 39.3 Å². The molecular formula is C17H27N7O. The first-order valence-corrected chi connectivity index (χ1v) is 8.71. The molecular weight excluding hydrogens is 318 g/mol. The first kappa shape index (κ1) is 18.7. The summed E-state index contributed by atoms with van der Waals surface area (Å²) in [4.78, 5) is 15.8. The lowest BCUT2D eigenvalue weighted by Gasteiger charge is -2.12. The predicted octanol–water partition coefficient (Wildman–Crippen LogP) is 0.648. The fourth-order valence-corrected chi connectivity index (χ4v) is 2.51. The highest BCUT2D eigenvalue weighted by Gasteiger charge is 2.02. The van der Waals surface area contributed by atoms with E-state index in [-0.39, 0.29) is 5.56 Å². The van der Waals surface area contributed by atoms with E-state index in [9.17, 15) is 4.79 Å². The summed E-state index contributed by atoms with van der Waals surface area (Å²) in [7, 11) is 1.76. The molecule has 136 valence electrons. The van der Waals surface area contributed by atoms with E-state index in [0.29, 0.717) is 0 Å². The summed E-state index contributed by atoms with van der Waals surface area (Å²) < 4.78 is 3.77. The van der Waals surface area contributed by atoms with Gasteiger partial charge >= 0.3 is 0 Å². The van der Waals surface area contributed by atoms with Crippen LogP contribution < -0.4 is 16.2 Å². The van der Waals surface area contributed by atoms with E-state index in [2.05, 4.69) is 32.7 Å². The molecule has 8 heteroatoms. The lowest BCUT2D eigenvalue weighted by atomic mass is 10.3. The Labute approximate surface area is 148 Å². The highest BCUT2D eigenvalue weighted by molar-refractivity contribution is 5.79. The molecule has 0 bridgehead atoms. The van der Waals surface area contributed by atoms with E-state index >= 15 is 0 Å². The van der Waals surface area contributed by atoms with Crippen molar-refractivity contribution in [1.29, 1.82) is 0 Å². The van der Waals surface area contributed by atoms with Crippen LogP contribution in [-0.2, 0) is 19.5 Å². The van der Waals surface area contributed by atoms with Gasteiger partial charge in [0.15, 0.2) is 5.96 Å². The number of nitrogens with one attached hydrogen (secondary N) is 2. The fourth-order valence-electron chi connectivity index (χ4n) is 2.51. The van der Waals surface area contributed by atoms with E-state index in [1.807, 2.05) is 16.8 Å². The van der Waals surface area contributed by atoms with Gasteiger partial charge in [0.25, 0.3) is 0 Å². The summed E-state index contributed by atoms with van der Waals surface area (Å²) in [6.45, 7) is 5.17. The van der Waals surface area contributed by atoms with E-state index < -0.39 is 0 Å². The van der Waals surface area contributed by atoms with Crippen molar-refractivity contribution in [3.05, 3.63) is 46.9 Å². The largest absolute Gasteiger partial charge is 0.356 e. The monoisotopic (exact) mass is 345 g/mol. The Hall–Kier alpha value is -2.64. The van der Waals surface area contributed by atoms with Gasteiger partial charge in [0.05, 0.1) is 0 Å². The van der Waals surface area contributed by atoms with Gasteiger partial charge < -0.3 is 19.8 Å². The molecule has 8 nitrogen and oxygen atoms in total. The predicted molar refractivity (Wildman–Crippen MR) is 98.7 cm³/mol. The normalized spacial score (nSPS) is 11.5. The Morgan fingerprint density at radius 2 is 2.00 bits per heavy atom. The second kappa shape index (κ2) is 10.3. The van der Waals surface area contributed by atoms with Gasteiger partial charge in [-0.25, -0.2) is 0 Å². The number of aromatic nitrogens is 4. The molecule has 0 saturated heterocycles. The quantitative estimate of drug-likeness (QED) is 0.396. The highest BCUT2D eigenvalue weighted by Crippen LogP contribution is 1.95. The fraction of sp³-hybridized carbons (Fsp3) is 0.529. The van der Waals surface area contributed by atoms with E-state index in [1.54, 1.807) is 30.1 Å². The number of rotatable bonds is 9. The molecule has 0 aliphatic rings. The number of unbranched alkanes of at least 4 members (excludes halogenated alkanes) is 1. The summed E-state index contributed by atoms with van der Waals surface area (Å²) in [5.74, 6) is 1.77. The van der Waals surface area contributed by atoms with Crippen LogP contribution in [0.3, 0.4) is 0 Å². The van der Waals surface area contributed by atoms with Crippen LogP contribution in [0.25, 0.3) is 0 Å². The van der Waals surface area contributed by atoms with E-state index in [4.69, 9.17) is 0 Å². The summed E-state index contributed by atoms with van der Waals surface area (Å²) in [6.07, 6.45) is 6.35. The maximum Gasteiger partial charge on any atom is 0.250 e. The maximum absolute atomic E-state index is 11.6. The number of aryl methyl sites for hydroxylation is 2. The SMILES string of the molecule is CCc1nncn1CCNC(=NC)NCCCCn1ccccc1=O. The van der Waals surface area contributed by atoms with Gasteiger partial charge in [-0.2, -0.15) is 0 Å².